The molecule has 45 heavy (non-hydrogen) atoms. The number of pyridine rings is 1. The van der Waals surface area contributed by atoms with Gasteiger partial charge in [-0.05, 0) is 81.8 Å². The van der Waals surface area contributed by atoms with Crippen molar-refractivity contribution in [3.63, 3.8) is 0 Å². The Labute approximate surface area is 260 Å². The number of carbonyl (C=O) groups excluding carboxylic acids is 5. The molecule has 0 aliphatic heterocycles. The molecule has 0 spiro atoms. The van der Waals surface area contributed by atoms with Gasteiger partial charge < -0.3 is 35.1 Å². The van der Waals surface area contributed by atoms with Gasteiger partial charge in [0.1, 0.15) is 24.0 Å². The van der Waals surface area contributed by atoms with Crippen LogP contribution in [0.15, 0.2) is 35.6 Å². The highest BCUT2D eigenvalue weighted by molar-refractivity contribution is 6.00. The molecule has 2 heterocycles. The summed E-state index contributed by atoms with van der Waals surface area (Å²) < 4.78 is 7.88. The molecular weight excluding hydrogens is 582 g/mol. The largest absolute Gasteiger partial charge is 0.452 e. The Morgan fingerprint density at radius 3 is 2.44 bits per heavy atom. The fourth-order valence-electron chi connectivity index (χ4n) is 7.56. The maximum absolute atomic E-state index is 13.5. The standard InChI is InChI=1S/C31H41N7O7/c1-4-33-29(43)25(45-18(2)39)8-7-22(34-28(42)24-15-32-17-37(24)3)27(41)35-23-6-5-9-38(30(23)44)16-26(40)36-31-12-19-10-20(13-31)21(11-19)14-31/h5-6,9,15,17,19-22,25H,4,7-8,10-14,16H2,1-3H3,(H,33,43)(H,34,42)(H,35,41)(H,36,40)/t19?,20?,21?,22-,25?,31?/m0/s1. The first-order valence-corrected chi connectivity index (χ1v) is 15.5. The van der Waals surface area contributed by atoms with E-state index in [0.29, 0.717) is 24.3 Å². The highest BCUT2D eigenvalue weighted by atomic mass is 16.5. The highest BCUT2D eigenvalue weighted by Gasteiger charge is 2.56. The van der Waals surface area contributed by atoms with Gasteiger partial charge in [-0.1, -0.05) is 0 Å². The average molecular weight is 624 g/mol. The van der Waals surface area contributed by atoms with Crippen LogP contribution in [-0.2, 0) is 37.5 Å². The van der Waals surface area contributed by atoms with E-state index in [1.54, 1.807) is 20.0 Å². The number of nitrogens with one attached hydrogen (secondary N) is 4. The molecule has 2 aromatic heterocycles. The number of likely N-dealkylation sites (N-methyl/N-ethyl adjacent to an activating group) is 1. The topological polar surface area (TPSA) is 183 Å². The minimum absolute atomic E-state index is 0.0756. The molecule has 0 aromatic carbocycles. The molecule has 14 heteroatoms. The Morgan fingerprint density at radius 2 is 1.82 bits per heavy atom. The van der Waals surface area contributed by atoms with Crippen molar-refractivity contribution in [2.75, 3.05) is 11.9 Å². The van der Waals surface area contributed by atoms with E-state index in [1.165, 1.54) is 53.7 Å². The quantitative estimate of drug-likeness (QED) is 0.237. The number of rotatable bonds is 13. The summed E-state index contributed by atoms with van der Waals surface area (Å²) in [4.78, 5) is 81.0. The summed E-state index contributed by atoms with van der Waals surface area (Å²) in [5, 5.41) is 11.0. The average Bonchev–Trinajstić information content (AvgIpc) is 3.60. The van der Waals surface area contributed by atoms with Crippen molar-refractivity contribution in [1.82, 2.24) is 30.1 Å². The molecule has 4 bridgehead atoms. The van der Waals surface area contributed by atoms with E-state index < -0.39 is 41.4 Å². The number of anilines is 1. The van der Waals surface area contributed by atoms with Crippen LogP contribution in [0.4, 0.5) is 5.69 Å². The maximum atomic E-state index is 13.5. The summed E-state index contributed by atoms with van der Waals surface area (Å²) in [7, 11) is 1.62. The van der Waals surface area contributed by atoms with Crippen LogP contribution in [0.5, 0.6) is 0 Å². The van der Waals surface area contributed by atoms with Crippen molar-refractivity contribution in [2.45, 2.75) is 83.0 Å². The Hall–Kier alpha value is -4.49. The number of hydrogen-bond donors (Lipinski definition) is 4. The molecule has 2 aromatic rings. The summed E-state index contributed by atoms with van der Waals surface area (Å²) >= 11 is 0. The monoisotopic (exact) mass is 623 g/mol. The summed E-state index contributed by atoms with van der Waals surface area (Å²) in [6.45, 7) is 2.99. The summed E-state index contributed by atoms with van der Waals surface area (Å²) in [5.41, 5.74) is -0.649. The van der Waals surface area contributed by atoms with Crippen LogP contribution in [0, 0.1) is 17.8 Å². The van der Waals surface area contributed by atoms with Crippen molar-refractivity contribution in [3.8, 4) is 0 Å². The maximum Gasteiger partial charge on any atom is 0.303 e. The Kier molecular flexibility index (Phi) is 9.40. The van der Waals surface area contributed by atoms with Crippen LogP contribution in [0.25, 0.3) is 0 Å². The van der Waals surface area contributed by atoms with Crippen molar-refractivity contribution < 1.29 is 28.7 Å². The van der Waals surface area contributed by atoms with Gasteiger partial charge in [0.15, 0.2) is 6.10 Å². The van der Waals surface area contributed by atoms with E-state index in [2.05, 4.69) is 26.3 Å². The molecule has 4 aliphatic rings. The third kappa shape index (κ3) is 7.26. The van der Waals surface area contributed by atoms with E-state index >= 15 is 0 Å². The fourth-order valence-corrected chi connectivity index (χ4v) is 7.56. The predicted molar refractivity (Wildman–Crippen MR) is 162 cm³/mol. The lowest BCUT2D eigenvalue weighted by molar-refractivity contribution is -0.154. The number of carbonyl (C=O) groups is 5. The molecule has 4 fully saturated rings. The van der Waals surface area contributed by atoms with Gasteiger partial charge >= 0.3 is 5.97 Å². The predicted octanol–water partition coefficient (Wildman–Crippen LogP) is 0.862. The van der Waals surface area contributed by atoms with Gasteiger partial charge in [0.25, 0.3) is 17.4 Å². The second-order valence-corrected chi connectivity index (χ2v) is 12.6. The zero-order valence-corrected chi connectivity index (χ0v) is 25.8. The minimum Gasteiger partial charge on any atom is -0.452 e. The van der Waals surface area contributed by atoms with Gasteiger partial charge in [-0.25, -0.2) is 4.98 Å². The fraction of sp³-hybridized carbons (Fsp3) is 0.581. The molecule has 4 atom stereocenters. The highest BCUT2D eigenvalue weighted by Crippen LogP contribution is 2.59. The summed E-state index contributed by atoms with van der Waals surface area (Å²) in [5.74, 6) is -0.747. The van der Waals surface area contributed by atoms with Crippen molar-refractivity contribution >= 4 is 35.3 Å². The minimum atomic E-state index is -1.22. The van der Waals surface area contributed by atoms with Crippen molar-refractivity contribution in [1.29, 1.82) is 0 Å². The molecule has 4 amide bonds. The molecule has 6 rings (SSSR count). The molecule has 0 saturated heterocycles. The van der Waals surface area contributed by atoms with Gasteiger partial charge in [-0.2, -0.15) is 0 Å². The SMILES string of the molecule is CCNC(=O)C(CC[C@H](NC(=O)c1cncn1C)C(=O)Nc1cccn(CC(=O)NC23CC4CC(C2)C(C4)C3)c1=O)OC(C)=O. The lowest BCUT2D eigenvalue weighted by Crippen LogP contribution is -2.51. The summed E-state index contributed by atoms with van der Waals surface area (Å²) in [6.07, 6.45) is 8.37. The number of ether oxygens (including phenoxy) is 1. The Morgan fingerprint density at radius 1 is 1.09 bits per heavy atom. The van der Waals surface area contributed by atoms with E-state index in [-0.39, 0.29) is 42.2 Å². The van der Waals surface area contributed by atoms with Crippen LogP contribution >= 0.6 is 0 Å². The number of amides is 4. The third-order valence-corrected chi connectivity index (χ3v) is 9.26. The van der Waals surface area contributed by atoms with Crippen LogP contribution in [-0.4, -0.2) is 67.9 Å². The zero-order chi connectivity index (χ0) is 32.3. The number of aromatic nitrogens is 3. The molecule has 4 aliphatic carbocycles. The lowest BCUT2D eigenvalue weighted by Gasteiger charge is -2.39. The molecular formula is C31H41N7O7. The number of imidazole rings is 1. The Balaban J connectivity index is 1.28. The van der Waals surface area contributed by atoms with Crippen molar-refractivity contribution in [2.24, 2.45) is 24.8 Å². The first-order chi connectivity index (χ1) is 21.5. The van der Waals surface area contributed by atoms with Gasteiger partial charge in [-0.3, -0.25) is 28.8 Å². The molecule has 242 valence electrons. The number of nitrogens with zero attached hydrogens (tertiary/aromatic N) is 3. The molecule has 4 saturated carbocycles. The van der Waals surface area contributed by atoms with Crippen LogP contribution in [0.3, 0.4) is 0 Å². The van der Waals surface area contributed by atoms with Gasteiger partial charge in [0.05, 0.1) is 12.5 Å². The molecule has 4 N–H and O–H groups in total. The number of hydrogen-bond acceptors (Lipinski definition) is 8. The van der Waals surface area contributed by atoms with Gasteiger partial charge in [0, 0.05) is 32.3 Å². The van der Waals surface area contributed by atoms with E-state index in [0.717, 1.165) is 19.3 Å². The normalized spacial score (nSPS) is 24.0. The van der Waals surface area contributed by atoms with Crippen LogP contribution in [0.2, 0.25) is 0 Å². The van der Waals surface area contributed by atoms with Gasteiger partial charge in [-0.15, -0.1) is 0 Å². The molecule has 0 radical (unpaired) electrons. The van der Waals surface area contributed by atoms with E-state index in [4.69, 9.17) is 4.74 Å². The second-order valence-electron chi connectivity index (χ2n) is 12.6. The van der Waals surface area contributed by atoms with Crippen molar-refractivity contribution in [3.05, 3.63) is 46.9 Å². The smallest absolute Gasteiger partial charge is 0.303 e. The summed E-state index contributed by atoms with van der Waals surface area (Å²) in [6, 6.07) is 1.75. The molecule has 14 nitrogen and oxygen atoms in total. The van der Waals surface area contributed by atoms with Crippen LogP contribution in [0.1, 0.15) is 69.3 Å². The van der Waals surface area contributed by atoms with Gasteiger partial charge in [0.2, 0.25) is 11.8 Å². The third-order valence-electron chi connectivity index (χ3n) is 9.26. The number of esters is 1. The molecule has 3 unspecified atom stereocenters. The first kappa shape index (κ1) is 31.9. The zero-order valence-electron chi connectivity index (χ0n) is 25.8. The first-order valence-electron chi connectivity index (χ1n) is 15.5. The lowest BCUT2D eigenvalue weighted by atomic mass is 9.76. The van der Waals surface area contributed by atoms with Crippen LogP contribution < -0.4 is 26.8 Å². The van der Waals surface area contributed by atoms with E-state index in [9.17, 15) is 28.8 Å². The number of aryl methyl sites for hydroxylation is 1. The second kappa shape index (κ2) is 13.2. The van der Waals surface area contributed by atoms with E-state index in [1.807, 2.05) is 0 Å². The Bertz CT molecular complexity index is 1510.